The first-order chi connectivity index (χ1) is 13.3. The van der Waals surface area contributed by atoms with E-state index in [-0.39, 0.29) is 11.4 Å². The van der Waals surface area contributed by atoms with E-state index >= 15 is 0 Å². The number of alkyl halides is 3. The van der Waals surface area contributed by atoms with Crippen molar-refractivity contribution in [2.45, 2.75) is 19.1 Å². The van der Waals surface area contributed by atoms with Crippen LogP contribution in [0.1, 0.15) is 34.6 Å². The van der Waals surface area contributed by atoms with Gasteiger partial charge in [0.15, 0.2) is 5.69 Å². The third-order valence-electron chi connectivity index (χ3n) is 4.14. The smallest absolute Gasteiger partial charge is 0.418 e. The van der Waals surface area contributed by atoms with Crippen molar-refractivity contribution in [3.8, 4) is 11.4 Å². The van der Waals surface area contributed by atoms with Crippen molar-refractivity contribution in [3.63, 3.8) is 0 Å². The van der Waals surface area contributed by atoms with Crippen LogP contribution in [0.2, 0.25) is 0 Å². The molecule has 6 nitrogen and oxygen atoms in total. The Bertz CT molecular complexity index is 985. The van der Waals surface area contributed by atoms with Crippen LogP contribution in [-0.4, -0.2) is 28.0 Å². The minimum Gasteiger partial charge on any atom is -0.496 e. The van der Waals surface area contributed by atoms with E-state index in [0.29, 0.717) is 5.75 Å². The van der Waals surface area contributed by atoms with Gasteiger partial charge in [-0.05, 0) is 25.1 Å². The number of halogens is 3. The van der Waals surface area contributed by atoms with Gasteiger partial charge in [0, 0.05) is 5.56 Å². The van der Waals surface area contributed by atoms with E-state index in [9.17, 15) is 18.0 Å². The summed E-state index contributed by atoms with van der Waals surface area (Å²) in [5.74, 6) is 0.0483. The lowest BCUT2D eigenvalue weighted by molar-refractivity contribution is -0.137. The molecule has 1 atom stereocenters. The summed E-state index contributed by atoms with van der Waals surface area (Å²) in [4.78, 5) is 12.5. The number of amides is 1. The SMILES string of the molecule is COc1ccccc1C(C)NC(=O)c1cn(-c2ccccc2C(F)(F)F)nn1. The van der Waals surface area contributed by atoms with E-state index in [2.05, 4.69) is 15.6 Å². The zero-order chi connectivity index (χ0) is 20.3. The predicted octanol–water partition coefficient (Wildman–Crippen LogP) is 3.79. The Morgan fingerprint density at radius 2 is 1.82 bits per heavy atom. The molecule has 1 amide bonds. The Hall–Kier alpha value is -3.36. The van der Waals surface area contributed by atoms with Crippen molar-refractivity contribution in [1.29, 1.82) is 0 Å². The van der Waals surface area contributed by atoms with Crippen molar-refractivity contribution < 1.29 is 22.7 Å². The van der Waals surface area contributed by atoms with Crippen LogP contribution in [0.3, 0.4) is 0 Å². The van der Waals surface area contributed by atoms with Gasteiger partial charge >= 0.3 is 6.18 Å². The van der Waals surface area contributed by atoms with E-state index in [1.165, 1.54) is 25.3 Å². The molecule has 9 heteroatoms. The molecule has 0 radical (unpaired) electrons. The average molecular weight is 390 g/mol. The zero-order valence-electron chi connectivity index (χ0n) is 15.1. The number of carbonyl (C=O) groups excluding carboxylic acids is 1. The molecule has 0 aliphatic carbocycles. The maximum Gasteiger partial charge on any atom is 0.418 e. The Kier molecular flexibility index (Phi) is 5.34. The molecule has 146 valence electrons. The first-order valence-corrected chi connectivity index (χ1v) is 8.34. The zero-order valence-corrected chi connectivity index (χ0v) is 15.1. The summed E-state index contributed by atoms with van der Waals surface area (Å²) in [5, 5.41) is 10.1. The number of ether oxygens (including phenoxy) is 1. The third-order valence-corrected chi connectivity index (χ3v) is 4.14. The van der Waals surface area contributed by atoms with Crippen molar-refractivity contribution >= 4 is 5.91 Å². The van der Waals surface area contributed by atoms with Gasteiger partial charge in [-0.25, -0.2) is 4.68 Å². The largest absolute Gasteiger partial charge is 0.496 e. The van der Waals surface area contributed by atoms with Gasteiger partial charge in [0.1, 0.15) is 5.75 Å². The van der Waals surface area contributed by atoms with Crippen molar-refractivity contribution in [1.82, 2.24) is 20.3 Å². The molecule has 3 rings (SSSR count). The molecule has 1 N–H and O–H groups in total. The number of benzene rings is 2. The van der Waals surface area contributed by atoms with E-state index in [1.54, 1.807) is 25.1 Å². The van der Waals surface area contributed by atoms with Crippen LogP contribution in [0.15, 0.2) is 54.7 Å². The highest BCUT2D eigenvalue weighted by molar-refractivity contribution is 5.92. The topological polar surface area (TPSA) is 69.0 Å². The first-order valence-electron chi connectivity index (χ1n) is 8.34. The lowest BCUT2D eigenvalue weighted by atomic mass is 10.1. The predicted molar refractivity (Wildman–Crippen MR) is 95.2 cm³/mol. The molecule has 0 aliphatic rings. The highest BCUT2D eigenvalue weighted by atomic mass is 19.4. The number of para-hydroxylation sites is 2. The maximum atomic E-state index is 13.2. The van der Waals surface area contributed by atoms with Crippen LogP contribution in [0.25, 0.3) is 5.69 Å². The first kappa shape index (κ1) is 19.4. The molecule has 0 bridgehead atoms. The summed E-state index contributed by atoms with van der Waals surface area (Å²) in [6.07, 6.45) is -3.39. The van der Waals surface area contributed by atoms with Crippen LogP contribution in [-0.2, 0) is 6.18 Å². The van der Waals surface area contributed by atoms with Crippen molar-refractivity contribution in [2.75, 3.05) is 7.11 Å². The Balaban J connectivity index is 1.82. The van der Waals surface area contributed by atoms with Crippen LogP contribution >= 0.6 is 0 Å². The van der Waals surface area contributed by atoms with Gasteiger partial charge < -0.3 is 10.1 Å². The lowest BCUT2D eigenvalue weighted by Crippen LogP contribution is -2.27. The fraction of sp³-hybridized carbons (Fsp3) is 0.211. The van der Waals surface area contributed by atoms with E-state index in [0.717, 1.165) is 22.5 Å². The highest BCUT2D eigenvalue weighted by Gasteiger charge is 2.34. The van der Waals surface area contributed by atoms with Crippen LogP contribution in [0.4, 0.5) is 13.2 Å². The number of hydrogen-bond donors (Lipinski definition) is 1. The fourth-order valence-electron chi connectivity index (χ4n) is 2.77. The van der Waals surface area contributed by atoms with Gasteiger partial charge in [0.2, 0.25) is 0 Å². The second kappa shape index (κ2) is 7.71. The molecule has 28 heavy (non-hydrogen) atoms. The summed E-state index contributed by atoms with van der Waals surface area (Å²) in [5.41, 5.74) is -0.416. The van der Waals surface area contributed by atoms with Gasteiger partial charge in [-0.1, -0.05) is 35.5 Å². The normalized spacial score (nSPS) is 12.5. The molecule has 2 aromatic carbocycles. The van der Waals surface area contributed by atoms with Gasteiger partial charge in [0.25, 0.3) is 5.91 Å². The quantitative estimate of drug-likeness (QED) is 0.720. The summed E-state index contributed by atoms with van der Waals surface area (Å²) in [6.45, 7) is 1.76. The number of nitrogens with one attached hydrogen (secondary N) is 1. The Labute approximate surface area is 158 Å². The monoisotopic (exact) mass is 390 g/mol. The summed E-state index contributed by atoms with van der Waals surface area (Å²) >= 11 is 0. The number of methoxy groups -OCH3 is 1. The molecular formula is C19H17F3N4O2. The number of hydrogen-bond acceptors (Lipinski definition) is 4. The molecule has 0 saturated heterocycles. The molecule has 0 aliphatic heterocycles. The molecule has 0 fully saturated rings. The van der Waals surface area contributed by atoms with Gasteiger partial charge in [-0.3, -0.25) is 4.79 Å². The fourth-order valence-corrected chi connectivity index (χ4v) is 2.77. The molecule has 0 spiro atoms. The van der Waals surface area contributed by atoms with Crippen LogP contribution in [0.5, 0.6) is 5.75 Å². The minimum atomic E-state index is -4.55. The third kappa shape index (κ3) is 3.98. The maximum absolute atomic E-state index is 13.2. The number of aromatic nitrogens is 3. The standard InChI is InChI=1S/C19H17F3N4O2/c1-12(13-7-3-6-10-17(13)28-2)23-18(27)15-11-26(25-24-15)16-9-5-4-8-14(16)19(20,21)22/h3-12H,1-2H3,(H,23,27). The molecule has 1 heterocycles. The number of rotatable bonds is 5. The average Bonchev–Trinajstić information content (AvgIpc) is 3.17. The highest BCUT2D eigenvalue weighted by Crippen LogP contribution is 2.33. The minimum absolute atomic E-state index is 0.0984. The van der Waals surface area contributed by atoms with Crippen LogP contribution < -0.4 is 10.1 Å². The van der Waals surface area contributed by atoms with E-state index < -0.39 is 23.7 Å². The molecule has 0 saturated carbocycles. The number of nitrogens with zero attached hydrogens (tertiary/aromatic N) is 3. The van der Waals surface area contributed by atoms with Crippen LogP contribution in [0, 0.1) is 0 Å². The Morgan fingerprint density at radius 1 is 1.14 bits per heavy atom. The summed E-state index contributed by atoms with van der Waals surface area (Å²) in [7, 11) is 1.52. The number of carbonyl (C=O) groups is 1. The van der Waals surface area contributed by atoms with E-state index in [1.807, 2.05) is 6.07 Å². The van der Waals surface area contributed by atoms with Crippen molar-refractivity contribution in [2.24, 2.45) is 0 Å². The molecule has 1 aromatic heterocycles. The van der Waals surface area contributed by atoms with Gasteiger partial charge in [0.05, 0.1) is 30.6 Å². The molecular weight excluding hydrogens is 373 g/mol. The second-order valence-electron chi connectivity index (χ2n) is 6.00. The molecule has 3 aromatic rings. The molecule has 1 unspecified atom stereocenters. The van der Waals surface area contributed by atoms with Gasteiger partial charge in [-0.2, -0.15) is 13.2 Å². The van der Waals surface area contributed by atoms with Gasteiger partial charge in [-0.15, -0.1) is 5.10 Å². The van der Waals surface area contributed by atoms with Crippen molar-refractivity contribution in [3.05, 3.63) is 71.5 Å². The second-order valence-corrected chi connectivity index (χ2v) is 6.00. The Morgan fingerprint density at radius 3 is 2.54 bits per heavy atom. The summed E-state index contributed by atoms with van der Waals surface area (Å²) in [6, 6.07) is 11.7. The summed E-state index contributed by atoms with van der Waals surface area (Å²) < 4.78 is 45.7. The lowest BCUT2D eigenvalue weighted by Gasteiger charge is -2.16. The van der Waals surface area contributed by atoms with E-state index in [4.69, 9.17) is 4.74 Å².